The first-order valence-electron chi connectivity index (χ1n) is 6.27. The zero-order valence-corrected chi connectivity index (χ0v) is 11.5. The molecule has 1 rings (SSSR count). The van der Waals surface area contributed by atoms with Crippen molar-refractivity contribution in [2.45, 2.75) is 13.8 Å². The number of hydrogen-bond acceptors (Lipinski definition) is 3. The van der Waals surface area contributed by atoms with Gasteiger partial charge in [0.05, 0.1) is 0 Å². The van der Waals surface area contributed by atoms with E-state index >= 15 is 0 Å². The van der Waals surface area contributed by atoms with Crippen molar-refractivity contribution < 1.29 is 23.8 Å². The molecule has 20 heavy (non-hydrogen) atoms. The Labute approximate surface area is 117 Å². The third-order valence-electron chi connectivity index (χ3n) is 2.45. The lowest BCUT2D eigenvalue weighted by Crippen LogP contribution is -2.40. The van der Waals surface area contributed by atoms with E-state index in [0.29, 0.717) is 6.54 Å². The molecular weight excluding hydrogens is 265 g/mol. The van der Waals surface area contributed by atoms with Gasteiger partial charge in [0.2, 0.25) is 0 Å². The second-order valence-corrected chi connectivity index (χ2v) is 4.78. The van der Waals surface area contributed by atoms with Crippen LogP contribution in [0.25, 0.3) is 0 Å². The van der Waals surface area contributed by atoms with Gasteiger partial charge in [0.1, 0.15) is 6.54 Å². The van der Waals surface area contributed by atoms with Crippen LogP contribution in [-0.2, 0) is 9.59 Å². The Morgan fingerprint density at radius 2 is 2.00 bits per heavy atom. The van der Waals surface area contributed by atoms with Crippen molar-refractivity contribution in [2.24, 2.45) is 5.92 Å². The molecule has 0 spiro atoms. The second-order valence-electron chi connectivity index (χ2n) is 4.78. The number of amides is 1. The maximum atomic E-state index is 13.3. The molecule has 1 aromatic rings. The molecule has 1 amide bonds. The Morgan fingerprint density at radius 1 is 1.35 bits per heavy atom. The lowest BCUT2D eigenvalue weighted by molar-refractivity contribution is -0.145. The van der Waals surface area contributed by atoms with Gasteiger partial charge in [-0.05, 0) is 18.1 Å². The molecule has 0 aliphatic carbocycles. The van der Waals surface area contributed by atoms with Gasteiger partial charge in [-0.25, -0.2) is 4.39 Å². The fraction of sp³-hybridized carbons (Fsp3) is 0.429. The van der Waals surface area contributed by atoms with Crippen molar-refractivity contribution in [1.82, 2.24) is 4.90 Å². The summed E-state index contributed by atoms with van der Waals surface area (Å²) in [7, 11) is 0. The number of carbonyl (C=O) groups is 2. The first-order valence-corrected chi connectivity index (χ1v) is 6.27. The molecule has 6 heteroatoms. The summed E-state index contributed by atoms with van der Waals surface area (Å²) in [4.78, 5) is 23.8. The Hall–Kier alpha value is -2.11. The summed E-state index contributed by atoms with van der Waals surface area (Å²) in [5.74, 6) is -2.03. The highest BCUT2D eigenvalue weighted by molar-refractivity contribution is 5.82. The van der Waals surface area contributed by atoms with Gasteiger partial charge in [-0.3, -0.25) is 9.59 Å². The van der Waals surface area contributed by atoms with Gasteiger partial charge in [-0.15, -0.1) is 0 Å². The summed E-state index contributed by atoms with van der Waals surface area (Å²) in [6.45, 7) is 3.28. The van der Waals surface area contributed by atoms with Crippen molar-refractivity contribution in [3.8, 4) is 5.75 Å². The molecule has 0 atom stereocenters. The van der Waals surface area contributed by atoms with Gasteiger partial charge in [0, 0.05) is 6.54 Å². The molecule has 0 aliphatic heterocycles. The molecule has 0 aromatic heterocycles. The molecule has 110 valence electrons. The first kappa shape index (κ1) is 15.9. The van der Waals surface area contributed by atoms with Crippen LogP contribution in [-0.4, -0.2) is 41.6 Å². The molecule has 0 radical (unpaired) electrons. The Balaban J connectivity index is 2.62. The molecule has 0 fully saturated rings. The third-order valence-corrected chi connectivity index (χ3v) is 2.45. The monoisotopic (exact) mass is 283 g/mol. The molecule has 0 bridgehead atoms. The van der Waals surface area contributed by atoms with E-state index in [2.05, 4.69) is 0 Å². The highest BCUT2D eigenvalue weighted by atomic mass is 19.1. The zero-order chi connectivity index (χ0) is 15.1. The number of halogens is 1. The highest BCUT2D eigenvalue weighted by Crippen LogP contribution is 2.15. The van der Waals surface area contributed by atoms with E-state index < -0.39 is 24.2 Å². The average Bonchev–Trinajstić information content (AvgIpc) is 2.35. The van der Waals surface area contributed by atoms with Gasteiger partial charge < -0.3 is 14.7 Å². The minimum Gasteiger partial charge on any atom is -0.481 e. The van der Waals surface area contributed by atoms with Crippen LogP contribution >= 0.6 is 0 Å². The third kappa shape index (κ3) is 5.26. The number of benzene rings is 1. The zero-order valence-electron chi connectivity index (χ0n) is 11.5. The van der Waals surface area contributed by atoms with E-state index in [4.69, 9.17) is 9.84 Å². The minimum atomic E-state index is -1.09. The number of aliphatic carboxylic acids is 1. The van der Waals surface area contributed by atoms with Gasteiger partial charge in [0.25, 0.3) is 5.91 Å². The first-order chi connectivity index (χ1) is 9.40. The fourth-order valence-corrected chi connectivity index (χ4v) is 1.65. The van der Waals surface area contributed by atoms with E-state index in [1.165, 1.54) is 23.1 Å². The Bertz CT molecular complexity index is 476. The fourth-order valence-electron chi connectivity index (χ4n) is 1.65. The van der Waals surface area contributed by atoms with E-state index in [0.717, 1.165) is 0 Å². The predicted octanol–water partition coefficient (Wildman–Crippen LogP) is 1.77. The number of carbonyl (C=O) groups excluding carboxylic acids is 1. The van der Waals surface area contributed by atoms with E-state index in [1.54, 1.807) is 6.07 Å². The van der Waals surface area contributed by atoms with Crippen molar-refractivity contribution >= 4 is 11.9 Å². The maximum Gasteiger partial charge on any atom is 0.323 e. The van der Waals surface area contributed by atoms with Crippen LogP contribution in [0.3, 0.4) is 0 Å². The number of ether oxygens (including phenoxy) is 1. The number of hydrogen-bond donors (Lipinski definition) is 1. The van der Waals surface area contributed by atoms with E-state index in [-0.39, 0.29) is 18.3 Å². The normalized spacial score (nSPS) is 10.4. The van der Waals surface area contributed by atoms with Crippen LogP contribution in [0.15, 0.2) is 24.3 Å². The predicted molar refractivity (Wildman–Crippen MR) is 70.9 cm³/mol. The number of para-hydroxylation sites is 1. The molecule has 0 heterocycles. The van der Waals surface area contributed by atoms with Crippen LogP contribution in [0, 0.1) is 11.7 Å². The molecule has 1 aromatic carbocycles. The average molecular weight is 283 g/mol. The number of nitrogens with zero attached hydrogens (tertiary/aromatic N) is 1. The Morgan fingerprint density at radius 3 is 2.55 bits per heavy atom. The summed E-state index contributed by atoms with van der Waals surface area (Å²) in [6.07, 6.45) is 0. The number of carboxylic acid groups (broad SMARTS) is 1. The van der Waals surface area contributed by atoms with Gasteiger partial charge >= 0.3 is 5.97 Å². The SMILES string of the molecule is CC(C)CN(CC(=O)O)C(=O)COc1ccccc1F. The van der Waals surface area contributed by atoms with Crippen LogP contribution < -0.4 is 4.74 Å². The molecule has 0 saturated carbocycles. The molecule has 0 aliphatic rings. The van der Waals surface area contributed by atoms with Crippen LogP contribution in [0.1, 0.15) is 13.8 Å². The van der Waals surface area contributed by atoms with Crippen LogP contribution in [0.5, 0.6) is 5.75 Å². The molecule has 0 unspecified atom stereocenters. The second kappa shape index (κ2) is 7.47. The largest absolute Gasteiger partial charge is 0.481 e. The Kier molecular flexibility index (Phi) is 5.96. The summed E-state index contributed by atoms with van der Waals surface area (Å²) >= 11 is 0. The summed E-state index contributed by atoms with van der Waals surface area (Å²) < 4.78 is 18.4. The minimum absolute atomic E-state index is 0.0272. The standard InChI is InChI=1S/C14H18FNO4/c1-10(2)7-16(8-14(18)19)13(17)9-20-12-6-4-3-5-11(12)15/h3-6,10H,7-9H2,1-2H3,(H,18,19). The highest BCUT2D eigenvalue weighted by Gasteiger charge is 2.18. The van der Waals surface area contributed by atoms with Crippen molar-refractivity contribution in [2.75, 3.05) is 19.7 Å². The van der Waals surface area contributed by atoms with Crippen molar-refractivity contribution in [3.05, 3.63) is 30.1 Å². The molecule has 1 N–H and O–H groups in total. The van der Waals surface area contributed by atoms with Crippen LogP contribution in [0.4, 0.5) is 4.39 Å². The van der Waals surface area contributed by atoms with Crippen LogP contribution in [0.2, 0.25) is 0 Å². The maximum absolute atomic E-state index is 13.3. The smallest absolute Gasteiger partial charge is 0.323 e. The van der Waals surface area contributed by atoms with E-state index in [9.17, 15) is 14.0 Å². The molecule has 0 saturated heterocycles. The molecule has 5 nitrogen and oxygen atoms in total. The number of rotatable bonds is 7. The molecular formula is C14H18FNO4. The van der Waals surface area contributed by atoms with Crippen molar-refractivity contribution in [1.29, 1.82) is 0 Å². The van der Waals surface area contributed by atoms with E-state index in [1.807, 2.05) is 13.8 Å². The quantitative estimate of drug-likeness (QED) is 0.828. The van der Waals surface area contributed by atoms with Gasteiger partial charge in [-0.1, -0.05) is 26.0 Å². The summed E-state index contributed by atoms with van der Waals surface area (Å²) in [6, 6.07) is 5.74. The van der Waals surface area contributed by atoms with Gasteiger partial charge in [-0.2, -0.15) is 0 Å². The lowest BCUT2D eigenvalue weighted by Gasteiger charge is -2.22. The summed E-state index contributed by atoms with van der Waals surface area (Å²) in [5, 5.41) is 8.78. The number of carboxylic acids is 1. The lowest BCUT2D eigenvalue weighted by atomic mass is 10.2. The topological polar surface area (TPSA) is 66.8 Å². The van der Waals surface area contributed by atoms with Crippen molar-refractivity contribution in [3.63, 3.8) is 0 Å². The summed E-state index contributed by atoms with van der Waals surface area (Å²) in [5.41, 5.74) is 0. The van der Waals surface area contributed by atoms with Gasteiger partial charge in [0.15, 0.2) is 18.2 Å².